The highest BCUT2D eigenvalue weighted by Gasteiger charge is 2.16. The Bertz CT molecular complexity index is 510. The van der Waals surface area contributed by atoms with Gasteiger partial charge < -0.3 is 20.7 Å². The number of carboxylic acids is 1. The van der Waals surface area contributed by atoms with E-state index in [1.807, 2.05) is 0 Å². The fourth-order valence-electron chi connectivity index (χ4n) is 1.75. The third-order valence-electron chi connectivity index (χ3n) is 2.80. The minimum absolute atomic E-state index is 0.117. The molecule has 0 saturated carbocycles. The van der Waals surface area contributed by atoms with Crippen LogP contribution in [-0.4, -0.2) is 41.2 Å². The Hall–Kier alpha value is -2.13. The Morgan fingerprint density at radius 1 is 1.38 bits per heavy atom. The van der Waals surface area contributed by atoms with Crippen LogP contribution in [-0.2, 0) is 0 Å². The number of nitrogens with zero attached hydrogens (tertiary/aromatic N) is 1. The van der Waals surface area contributed by atoms with Gasteiger partial charge in [-0.3, -0.25) is 10.1 Å². The number of nitro groups is 1. The fourth-order valence-corrected chi connectivity index (χ4v) is 1.75. The molecule has 0 spiro atoms. The number of rotatable bonds is 9. The topological polar surface area (TPSA) is 125 Å². The second kappa shape index (κ2) is 8.23. The summed E-state index contributed by atoms with van der Waals surface area (Å²) in [6.07, 6.45) is 1.57. The first-order valence-corrected chi connectivity index (χ1v) is 6.59. The lowest BCUT2D eigenvalue weighted by molar-refractivity contribution is -0.384. The van der Waals surface area contributed by atoms with Gasteiger partial charge in [0.05, 0.1) is 10.5 Å². The summed E-state index contributed by atoms with van der Waals surface area (Å²) in [5, 5.41) is 34.5. The van der Waals surface area contributed by atoms with Gasteiger partial charge >= 0.3 is 13.0 Å². The molecule has 0 aliphatic heterocycles. The monoisotopic (exact) mass is 295 g/mol. The normalized spacial score (nSPS) is 10.2. The molecule has 1 rings (SSSR count). The van der Waals surface area contributed by atoms with E-state index in [1.165, 1.54) is 12.1 Å². The number of hydrogen-bond donors (Lipinski definition) is 4. The minimum Gasteiger partial charge on any atom is -0.478 e. The van der Waals surface area contributed by atoms with Gasteiger partial charge in [0.15, 0.2) is 0 Å². The van der Waals surface area contributed by atoms with E-state index in [0.29, 0.717) is 18.8 Å². The molecular weight excluding hydrogens is 277 g/mol. The molecule has 0 bridgehead atoms. The first-order chi connectivity index (χ1) is 9.91. The molecule has 0 amide bonds. The minimum atomic E-state index is -1.20. The fraction of sp³-hybridized carbons (Fsp3) is 0.417. The summed E-state index contributed by atoms with van der Waals surface area (Å²) >= 11 is 0. The average Bonchev–Trinajstić information content (AvgIpc) is 2.42. The van der Waals surface area contributed by atoms with E-state index in [9.17, 15) is 14.9 Å². The molecule has 1 aromatic rings. The van der Waals surface area contributed by atoms with Gasteiger partial charge in [-0.05, 0) is 38.3 Å². The number of unbranched alkanes of at least 4 members (excludes halogenated alkanes) is 1. The highest BCUT2D eigenvalue weighted by atomic mass is 16.6. The van der Waals surface area contributed by atoms with Gasteiger partial charge in [0.1, 0.15) is 5.69 Å². The number of carboxylic acid groups (broad SMARTS) is 1. The maximum Gasteiger partial charge on any atom is 0.373 e. The first-order valence-electron chi connectivity index (χ1n) is 6.59. The van der Waals surface area contributed by atoms with E-state index in [-0.39, 0.29) is 11.3 Å². The van der Waals surface area contributed by atoms with Crippen LogP contribution in [0, 0.1) is 10.1 Å². The zero-order valence-electron chi connectivity index (χ0n) is 11.7. The lowest BCUT2D eigenvalue weighted by atomic mass is 9.89. The average molecular weight is 295 g/mol. The molecule has 0 aliphatic rings. The summed E-state index contributed by atoms with van der Waals surface area (Å²) in [7, 11) is -0.553. The highest BCUT2D eigenvalue weighted by Crippen LogP contribution is 2.25. The molecule has 0 heterocycles. The Labute approximate surface area is 122 Å². The zero-order valence-corrected chi connectivity index (χ0v) is 11.7. The molecule has 0 unspecified atom stereocenters. The Morgan fingerprint density at radius 3 is 2.62 bits per heavy atom. The van der Waals surface area contributed by atoms with Crippen LogP contribution in [0.1, 0.15) is 23.2 Å². The van der Waals surface area contributed by atoms with Crippen LogP contribution in [0.2, 0.25) is 6.82 Å². The van der Waals surface area contributed by atoms with E-state index in [1.54, 1.807) is 6.82 Å². The zero-order chi connectivity index (χ0) is 15.8. The van der Waals surface area contributed by atoms with Gasteiger partial charge in [-0.25, -0.2) is 4.79 Å². The summed E-state index contributed by atoms with van der Waals surface area (Å²) < 4.78 is 0. The SMILES string of the molecule is CB(O)NCCCCNc1ccc(C(=O)O)cc1[N+](=O)[O-]. The van der Waals surface area contributed by atoms with Crippen LogP contribution >= 0.6 is 0 Å². The van der Waals surface area contributed by atoms with E-state index < -0.39 is 17.9 Å². The Balaban J connectivity index is 2.54. The van der Waals surface area contributed by atoms with Crippen molar-refractivity contribution >= 4 is 24.4 Å². The standard InChI is InChI=1S/C12H18BN3O5/c1-13(19)15-7-3-2-6-14-10-5-4-9(12(17)18)8-11(10)16(20)21/h4-5,8,14-15,19H,2-3,6-7H2,1H3,(H,17,18). The second-order valence-corrected chi connectivity index (χ2v) is 4.56. The lowest BCUT2D eigenvalue weighted by Crippen LogP contribution is -2.31. The molecule has 9 heteroatoms. The van der Waals surface area contributed by atoms with E-state index in [2.05, 4.69) is 10.5 Å². The van der Waals surface area contributed by atoms with Gasteiger partial charge in [0.25, 0.3) is 5.69 Å². The summed E-state index contributed by atoms with van der Waals surface area (Å²) in [6, 6.07) is 3.77. The number of benzene rings is 1. The van der Waals surface area contributed by atoms with E-state index in [4.69, 9.17) is 10.1 Å². The highest BCUT2D eigenvalue weighted by molar-refractivity contribution is 6.45. The second-order valence-electron chi connectivity index (χ2n) is 4.56. The van der Waals surface area contributed by atoms with Gasteiger partial charge in [-0.1, -0.05) is 0 Å². The van der Waals surface area contributed by atoms with E-state index in [0.717, 1.165) is 18.9 Å². The van der Waals surface area contributed by atoms with Gasteiger partial charge in [-0.15, -0.1) is 0 Å². The molecule has 0 aliphatic carbocycles. The van der Waals surface area contributed by atoms with Crippen LogP contribution in [0.4, 0.5) is 11.4 Å². The number of anilines is 1. The van der Waals surface area contributed by atoms with Crippen LogP contribution in [0.3, 0.4) is 0 Å². The largest absolute Gasteiger partial charge is 0.478 e. The third-order valence-corrected chi connectivity index (χ3v) is 2.80. The first kappa shape index (κ1) is 16.9. The Morgan fingerprint density at radius 2 is 2.05 bits per heavy atom. The molecule has 8 nitrogen and oxygen atoms in total. The van der Waals surface area contributed by atoms with Crippen molar-refractivity contribution in [1.29, 1.82) is 0 Å². The molecule has 114 valence electrons. The van der Waals surface area contributed by atoms with Crippen LogP contribution in [0.5, 0.6) is 0 Å². The van der Waals surface area contributed by atoms with Gasteiger partial charge in [0.2, 0.25) is 0 Å². The van der Waals surface area contributed by atoms with Gasteiger partial charge in [-0.2, -0.15) is 0 Å². The predicted octanol–water partition coefficient (Wildman–Crippen LogP) is 1.18. The maximum absolute atomic E-state index is 10.9. The van der Waals surface area contributed by atoms with Crippen LogP contribution in [0.15, 0.2) is 18.2 Å². The Kier molecular flexibility index (Phi) is 6.63. The van der Waals surface area contributed by atoms with Gasteiger partial charge in [0, 0.05) is 12.6 Å². The number of aromatic carboxylic acids is 1. The molecule has 0 aromatic heterocycles. The number of nitro benzene ring substituents is 1. The molecule has 0 atom stereocenters. The van der Waals surface area contributed by atoms with Crippen LogP contribution in [0.25, 0.3) is 0 Å². The molecule has 4 N–H and O–H groups in total. The third kappa shape index (κ3) is 5.80. The lowest BCUT2D eigenvalue weighted by Gasteiger charge is -2.08. The quantitative estimate of drug-likeness (QED) is 0.233. The summed E-state index contributed by atoms with van der Waals surface area (Å²) in [5.41, 5.74) is -0.0705. The maximum atomic E-state index is 10.9. The number of nitrogens with one attached hydrogen (secondary N) is 2. The number of hydrogen-bond acceptors (Lipinski definition) is 6. The van der Waals surface area contributed by atoms with Crippen molar-refractivity contribution in [2.24, 2.45) is 0 Å². The van der Waals surface area contributed by atoms with Crippen molar-refractivity contribution < 1.29 is 19.8 Å². The summed E-state index contributed by atoms with van der Waals surface area (Å²) in [5.74, 6) is -1.20. The molecule has 0 saturated heterocycles. The summed E-state index contributed by atoms with van der Waals surface area (Å²) in [4.78, 5) is 21.1. The van der Waals surface area contributed by atoms with E-state index >= 15 is 0 Å². The van der Waals surface area contributed by atoms with Crippen molar-refractivity contribution in [3.05, 3.63) is 33.9 Å². The molecular formula is C12H18BN3O5. The summed E-state index contributed by atoms with van der Waals surface area (Å²) in [6.45, 7) is 2.81. The molecule has 21 heavy (non-hydrogen) atoms. The molecule has 0 fully saturated rings. The van der Waals surface area contributed by atoms with Crippen molar-refractivity contribution in [3.63, 3.8) is 0 Å². The van der Waals surface area contributed by atoms with Crippen molar-refractivity contribution in [2.45, 2.75) is 19.7 Å². The predicted molar refractivity (Wildman–Crippen MR) is 79.6 cm³/mol. The van der Waals surface area contributed by atoms with Crippen molar-refractivity contribution in [3.8, 4) is 0 Å². The van der Waals surface area contributed by atoms with Crippen molar-refractivity contribution in [2.75, 3.05) is 18.4 Å². The smallest absolute Gasteiger partial charge is 0.373 e. The molecule has 1 aromatic carbocycles. The number of carbonyl (C=O) groups is 1. The van der Waals surface area contributed by atoms with Crippen molar-refractivity contribution in [1.82, 2.24) is 5.23 Å². The molecule has 0 radical (unpaired) electrons. The van der Waals surface area contributed by atoms with Crippen LogP contribution < -0.4 is 10.5 Å².